The summed E-state index contributed by atoms with van der Waals surface area (Å²) in [4.78, 5) is 0. The van der Waals surface area contributed by atoms with Gasteiger partial charge in [-0.1, -0.05) is 60.7 Å². The van der Waals surface area contributed by atoms with Crippen molar-refractivity contribution in [1.82, 2.24) is 5.32 Å². The van der Waals surface area contributed by atoms with E-state index in [1.165, 1.54) is 11.1 Å². The molecule has 0 aromatic heterocycles. The van der Waals surface area contributed by atoms with Crippen LogP contribution in [-0.4, -0.2) is 0 Å². The predicted molar refractivity (Wildman–Crippen MR) is 75.8 cm³/mol. The van der Waals surface area contributed by atoms with Gasteiger partial charge in [0.05, 0.1) is 6.04 Å². The van der Waals surface area contributed by atoms with Crippen molar-refractivity contribution in [2.45, 2.75) is 13.0 Å². The molecule has 0 radical (unpaired) electrons. The number of rotatable bonds is 4. The summed E-state index contributed by atoms with van der Waals surface area (Å²) in [6, 6.07) is 20.9. The number of allylic oxidation sites excluding steroid dienone is 1. The van der Waals surface area contributed by atoms with Crippen LogP contribution in [0, 0.1) is 0 Å². The third kappa shape index (κ3) is 2.92. The van der Waals surface area contributed by atoms with E-state index in [1.807, 2.05) is 19.1 Å². The lowest BCUT2D eigenvalue weighted by atomic mass is 9.98. The molecule has 0 saturated carbocycles. The molecule has 0 fully saturated rings. The largest absolute Gasteiger partial charge is 0.403 e. The van der Waals surface area contributed by atoms with Crippen molar-refractivity contribution in [2.75, 3.05) is 0 Å². The van der Waals surface area contributed by atoms with Crippen LogP contribution in [0.15, 0.2) is 72.6 Å². The highest BCUT2D eigenvalue weighted by Gasteiger charge is 2.12. The average Bonchev–Trinajstić information content (AvgIpc) is 2.46. The Hall–Kier alpha value is -2.22. The van der Waals surface area contributed by atoms with Crippen LogP contribution in [0.3, 0.4) is 0 Å². The van der Waals surface area contributed by atoms with Gasteiger partial charge in [0.15, 0.2) is 0 Å². The topological polar surface area (TPSA) is 38.0 Å². The number of hydrogen-bond acceptors (Lipinski definition) is 2. The van der Waals surface area contributed by atoms with Gasteiger partial charge in [0, 0.05) is 11.9 Å². The molecule has 0 aliphatic heterocycles. The maximum atomic E-state index is 5.55. The summed E-state index contributed by atoms with van der Waals surface area (Å²) in [6.07, 6.45) is 1.60. The third-order valence-electron chi connectivity index (χ3n) is 2.89. The average molecular weight is 238 g/mol. The van der Waals surface area contributed by atoms with E-state index < -0.39 is 0 Å². The Morgan fingerprint density at radius 3 is 1.78 bits per heavy atom. The molecule has 0 aliphatic rings. The molecule has 0 spiro atoms. The molecule has 92 valence electrons. The second-order valence-corrected chi connectivity index (χ2v) is 4.25. The van der Waals surface area contributed by atoms with Crippen molar-refractivity contribution in [3.8, 4) is 0 Å². The van der Waals surface area contributed by atoms with E-state index in [9.17, 15) is 0 Å². The molecule has 0 aliphatic carbocycles. The lowest BCUT2D eigenvalue weighted by Gasteiger charge is -2.21. The minimum absolute atomic E-state index is 0.132. The SMILES string of the molecule is CC(=CN)NC(c1ccccc1)c1ccccc1. The Kier molecular flexibility index (Phi) is 4.02. The van der Waals surface area contributed by atoms with Gasteiger partial charge in [-0.05, 0) is 18.1 Å². The van der Waals surface area contributed by atoms with Gasteiger partial charge in [-0.3, -0.25) is 0 Å². The fourth-order valence-corrected chi connectivity index (χ4v) is 1.93. The van der Waals surface area contributed by atoms with Gasteiger partial charge >= 0.3 is 0 Å². The van der Waals surface area contributed by atoms with Crippen LogP contribution >= 0.6 is 0 Å². The van der Waals surface area contributed by atoms with Crippen molar-refractivity contribution in [1.29, 1.82) is 0 Å². The lowest BCUT2D eigenvalue weighted by Crippen LogP contribution is -2.21. The quantitative estimate of drug-likeness (QED) is 0.858. The summed E-state index contributed by atoms with van der Waals surface area (Å²) in [7, 11) is 0. The fourth-order valence-electron chi connectivity index (χ4n) is 1.93. The highest BCUT2D eigenvalue weighted by atomic mass is 14.9. The predicted octanol–water partition coefficient (Wildman–Crippen LogP) is 3.19. The molecule has 0 bridgehead atoms. The Bertz CT molecular complexity index is 464. The molecule has 0 heterocycles. The first-order chi connectivity index (χ1) is 8.81. The molecule has 0 amide bonds. The first kappa shape index (κ1) is 12.2. The van der Waals surface area contributed by atoms with E-state index in [4.69, 9.17) is 5.73 Å². The van der Waals surface area contributed by atoms with Crippen LogP contribution in [0.2, 0.25) is 0 Å². The highest BCUT2D eigenvalue weighted by molar-refractivity contribution is 5.32. The normalized spacial score (nSPS) is 11.6. The van der Waals surface area contributed by atoms with Gasteiger partial charge in [-0.2, -0.15) is 0 Å². The van der Waals surface area contributed by atoms with Crippen LogP contribution < -0.4 is 11.1 Å². The fraction of sp³-hybridized carbons (Fsp3) is 0.125. The van der Waals surface area contributed by atoms with Crippen molar-refractivity contribution < 1.29 is 0 Å². The summed E-state index contributed by atoms with van der Waals surface area (Å²) >= 11 is 0. The summed E-state index contributed by atoms with van der Waals surface area (Å²) in [5.41, 5.74) is 8.97. The van der Waals surface area contributed by atoms with Crippen molar-refractivity contribution in [3.05, 3.63) is 83.7 Å². The van der Waals surface area contributed by atoms with Gasteiger partial charge in [0.25, 0.3) is 0 Å². The minimum Gasteiger partial charge on any atom is -0.403 e. The van der Waals surface area contributed by atoms with Gasteiger partial charge in [-0.15, -0.1) is 0 Å². The first-order valence-electron chi connectivity index (χ1n) is 6.06. The number of benzene rings is 2. The first-order valence-corrected chi connectivity index (χ1v) is 6.06. The summed E-state index contributed by atoms with van der Waals surface area (Å²) in [6.45, 7) is 1.97. The summed E-state index contributed by atoms with van der Waals surface area (Å²) < 4.78 is 0. The number of nitrogens with one attached hydrogen (secondary N) is 1. The highest BCUT2D eigenvalue weighted by Crippen LogP contribution is 2.22. The van der Waals surface area contributed by atoms with E-state index in [0.29, 0.717) is 0 Å². The molecule has 0 atom stereocenters. The molecule has 0 saturated heterocycles. The van der Waals surface area contributed by atoms with Gasteiger partial charge in [0.1, 0.15) is 0 Å². The maximum Gasteiger partial charge on any atom is 0.0765 e. The third-order valence-corrected chi connectivity index (χ3v) is 2.89. The standard InChI is InChI=1S/C16H18N2/c1-13(12-17)18-16(14-8-4-2-5-9-14)15-10-6-3-7-11-15/h2-12,16,18H,17H2,1H3. The van der Waals surface area contributed by atoms with Crippen molar-refractivity contribution in [3.63, 3.8) is 0 Å². The second-order valence-electron chi connectivity index (χ2n) is 4.25. The number of nitrogens with two attached hydrogens (primary N) is 1. The monoisotopic (exact) mass is 238 g/mol. The van der Waals surface area contributed by atoms with Crippen LogP contribution in [-0.2, 0) is 0 Å². The van der Waals surface area contributed by atoms with Crippen molar-refractivity contribution >= 4 is 0 Å². The van der Waals surface area contributed by atoms with Crippen LogP contribution in [0.5, 0.6) is 0 Å². The Labute approximate surface area is 108 Å². The van der Waals surface area contributed by atoms with Gasteiger partial charge in [0.2, 0.25) is 0 Å². The molecular weight excluding hydrogens is 220 g/mol. The zero-order valence-electron chi connectivity index (χ0n) is 10.5. The maximum absolute atomic E-state index is 5.55. The van der Waals surface area contributed by atoms with Crippen LogP contribution in [0.4, 0.5) is 0 Å². The molecular formula is C16H18N2. The zero-order valence-corrected chi connectivity index (χ0v) is 10.5. The molecule has 2 heteroatoms. The van der Waals surface area contributed by atoms with E-state index in [0.717, 1.165) is 5.70 Å². The molecule has 0 unspecified atom stereocenters. The molecule has 2 aromatic carbocycles. The van der Waals surface area contributed by atoms with E-state index >= 15 is 0 Å². The molecule has 3 N–H and O–H groups in total. The molecule has 18 heavy (non-hydrogen) atoms. The Balaban J connectivity index is 2.35. The lowest BCUT2D eigenvalue weighted by molar-refractivity contribution is 0.690. The number of hydrogen-bond donors (Lipinski definition) is 2. The minimum atomic E-state index is 0.132. The summed E-state index contributed by atoms with van der Waals surface area (Å²) in [5, 5.41) is 3.44. The summed E-state index contributed by atoms with van der Waals surface area (Å²) in [5.74, 6) is 0. The van der Waals surface area contributed by atoms with E-state index in [1.54, 1.807) is 6.20 Å². The van der Waals surface area contributed by atoms with Crippen LogP contribution in [0.1, 0.15) is 24.1 Å². The molecule has 2 rings (SSSR count). The Morgan fingerprint density at radius 1 is 0.944 bits per heavy atom. The molecule has 2 nitrogen and oxygen atoms in total. The van der Waals surface area contributed by atoms with Gasteiger partial charge < -0.3 is 11.1 Å². The van der Waals surface area contributed by atoms with Gasteiger partial charge in [-0.25, -0.2) is 0 Å². The zero-order chi connectivity index (χ0) is 12.8. The molecule has 2 aromatic rings. The van der Waals surface area contributed by atoms with Crippen LogP contribution in [0.25, 0.3) is 0 Å². The second kappa shape index (κ2) is 5.92. The van der Waals surface area contributed by atoms with Crippen molar-refractivity contribution in [2.24, 2.45) is 5.73 Å². The smallest absolute Gasteiger partial charge is 0.0765 e. The van der Waals surface area contributed by atoms with E-state index in [-0.39, 0.29) is 6.04 Å². The Morgan fingerprint density at radius 2 is 1.39 bits per heavy atom. The van der Waals surface area contributed by atoms with E-state index in [2.05, 4.69) is 53.8 Å².